The Kier molecular flexibility index (Phi) is 6.43. The topological polar surface area (TPSA) is 108 Å². The summed E-state index contributed by atoms with van der Waals surface area (Å²) in [6.07, 6.45) is 3.28. The Bertz CT molecular complexity index is 1380. The fourth-order valence-electron chi connectivity index (χ4n) is 5.00. The number of anilines is 1. The van der Waals surface area contributed by atoms with Crippen molar-refractivity contribution in [3.63, 3.8) is 0 Å². The molecule has 2 saturated heterocycles. The fourth-order valence-corrected chi connectivity index (χ4v) is 6.15. The van der Waals surface area contributed by atoms with Gasteiger partial charge in [0.25, 0.3) is 0 Å². The third-order valence-electron chi connectivity index (χ3n) is 6.76. The van der Waals surface area contributed by atoms with E-state index in [-0.39, 0.29) is 12.2 Å². The number of nitrogens with one attached hydrogen (secondary N) is 2. The van der Waals surface area contributed by atoms with Crippen LogP contribution in [-0.2, 0) is 16.0 Å². The number of amides is 1. The minimum Gasteiger partial charge on any atom is -0.445 e. The third kappa shape index (κ3) is 4.61. The van der Waals surface area contributed by atoms with Crippen molar-refractivity contribution in [2.24, 2.45) is 0 Å². The van der Waals surface area contributed by atoms with Crippen LogP contribution in [0, 0.1) is 0 Å². The Morgan fingerprint density at radius 2 is 2.17 bits per heavy atom. The van der Waals surface area contributed by atoms with Gasteiger partial charge in [-0.15, -0.1) is 11.3 Å². The normalized spacial score (nSPS) is 19.1. The summed E-state index contributed by atoms with van der Waals surface area (Å²) in [7, 11) is 1.59. The quantitative estimate of drug-likeness (QED) is 0.423. The highest BCUT2D eigenvalue weighted by Crippen LogP contribution is 2.36. The zero-order chi connectivity index (χ0) is 24.5. The number of benzene rings is 1. The summed E-state index contributed by atoms with van der Waals surface area (Å²) < 4.78 is 12.2. The maximum Gasteiger partial charge on any atom is 0.407 e. The van der Waals surface area contributed by atoms with E-state index in [1.807, 2.05) is 18.3 Å². The van der Waals surface area contributed by atoms with E-state index in [0.29, 0.717) is 19.0 Å². The third-order valence-corrected chi connectivity index (χ3v) is 7.87. The summed E-state index contributed by atoms with van der Waals surface area (Å²) in [5, 5.41) is 10.8. The van der Waals surface area contributed by atoms with Crippen molar-refractivity contribution in [3.8, 4) is 11.4 Å². The summed E-state index contributed by atoms with van der Waals surface area (Å²) in [5.41, 5.74) is 2.89. The Morgan fingerprint density at radius 3 is 3.03 bits per heavy atom. The highest BCUT2D eigenvalue weighted by molar-refractivity contribution is 7.19. The van der Waals surface area contributed by atoms with Gasteiger partial charge in [-0.1, -0.05) is 12.1 Å². The molecule has 188 valence electrons. The van der Waals surface area contributed by atoms with Crippen molar-refractivity contribution >= 4 is 44.4 Å². The number of aromatic nitrogens is 4. The molecule has 2 N–H and O–H groups in total. The molecule has 2 aliphatic heterocycles. The van der Waals surface area contributed by atoms with Crippen LogP contribution in [0.2, 0.25) is 0 Å². The molecule has 11 heteroatoms. The predicted octanol–water partition coefficient (Wildman–Crippen LogP) is 3.39. The van der Waals surface area contributed by atoms with E-state index in [0.717, 1.165) is 78.1 Å². The van der Waals surface area contributed by atoms with Crippen LogP contribution >= 0.6 is 11.3 Å². The lowest BCUT2D eigenvalue weighted by atomic mass is 10.1. The number of carbonyl (C=O) groups is 1. The molecule has 4 aromatic rings. The molecule has 6 rings (SSSR count). The number of H-pyrrole nitrogens is 1. The molecule has 5 heterocycles. The molecule has 0 bridgehead atoms. The Labute approximate surface area is 212 Å². The number of hydrogen-bond donors (Lipinski definition) is 2. The van der Waals surface area contributed by atoms with Gasteiger partial charge < -0.3 is 19.7 Å². The number of fused-ring (bicyclic) bond motifs is 2. The van der Waals surface area contributed by atoms with E-state index < -0.39 is 0 Å². The van der Waals surface area contributed by atoms with Gasteiger partial charge in [-0.05, 0) is 31.5 Å². The van der Waals surface area contributed by atoms with Gasteiger partial charge in [-0.25, -0.2) is 14.8 Å². The SMILES string of the molecule is CNC(=O)OC1CCCN(Cc2cc3nc(-c4cccc5[nH]ncc45)nc(N4CCOCC4)c3s2)C1. The molecule has 0 radical (unpaired) electrons. The Balaban J connectivity index is 1.34. The van der Waals surface area contributed by atoms with Gasteiger partial charge in [0.1, 0.15) is 6.10 Å². The summed E-state index contributed by atoms with van der Waals surface area (Å²) in [5.74, 6) is 1.67. The molecule has 1 amide bonds. The lowest BCUT2D eigenvalue weighted by molar-refractivity contribution is 0.0411. The van der Waals surface area contributed by atoms with Crippen LogP contribution < -0.4 is 10.2 Å². The van der Waals surface area contributed by atoms with Crippen LogP contribution in [0.1, 0.15) is 17.7 Å². The average Bonchev–Trinajstić information content (AvgIpc) is 3.55. The van der Waals surface area contributed by atoms with Gasteiger partial charge in [0, 0.05) is 49.1 Å². The second-order valence-electron chi connectivity index (χ2n) is 9.19. The van der Waals surface area contributed by atoms with Gasteiger partial charge in [0.2, 0.25) is 0 Å². The smallest absolute Gasteiger partial charge is 0.407 e. The molecule has 1 unspecified atom stereocenters. The maximum atomic E-state index is 11.7. The first-order valence-electron chi connectivity index (χ1n) is 12.3. The van der Waals surface area contributed by atoms with Crippen molar-refractivity contribution in [1.29, 1.82) is 0 Å². The minimum absolute atomic E-state index is 0.0844. The molecule has 1 atom stereocenters. The number of hydrogen-bond acceptors (Lipinski definition) is 9. The van der Waals surface area contributed by atoms with E-state index in [4.69, 9.17) is 19.4 Å². The summed E-state index contributed by atoms with van der Waals surface area (Å²) in [4.78, 5) is 27.7. The van der Waals surface area contributed by atoms with E-state index in [9.17, 15) is 4.79 Å². The van der Waals surface area contributed by atoms with E-state index in [2.05, 4.69) is 37.4 Å². The monoisotopic (exact) mass is 507 g/mol. The summed E-state index contributed by atoms with van der Waals surface area (Å²) >= 11 is 1.75. The summed E-state index contributed by atoms with van der Waals surface area (Å²) in [6.45, 7) is 5.51. The van der Waals surface area contributed by atoms with Gasteiger partial charge in [-0.2, -0.15) is 5.10 Å². The number of piperidine rings is 1. The van der Waals surface area contributed by atoms with Crippen molar-refractivity contribution in [2.75, 3.05) is 51.3 Å². The van der Waals surface area contributed by atoms with Crippen molar-refractivity contribution < 1.29 is 14.3 Å². The fraction of sp³-hybridized carbons (Fsp3) is 0.440. The Morgan fingerprint density at radius 1 is 1.28 bits per heavy atom. The first-order valence-corrected chi connectivity index (χ1v) is 13.2. The van der Waals surface area contributed by atoms with Crippen molar-refractivity contribution in [3.05, 3.63) is 35.3 Å². The van der Waals surface area contributed by atoms with Gasteiger partial charge in [-0.3, -0.25) is 10.00 Å². The molecule has 0 aliphatic carbocycles. The standard InChI is InChI=1S/C25H29N7O3S/c1-26-25(33)35-16-4-3-7-31(14-16)15-17-12-21-22(36-17)24(32-8-10-34-11-9-32)29-23(28-21)18-5-2-6-20-19(18)13-27-30-20/h2,5-6,12-13,16H,3-4,7-11,14-15H2,1H3,(H,26,33)(H,27,30). The lowest BCUT2D eigenvalue weighted by Crippen LogP contribution is -2.41. The Hall–Kier alpha value is -3.28. The molecule has 36 heavy (non-hydrogen) atoms. The second-order valence-corrected chi connectivity index (χ2v) is 10.3. The molecule has 10 nitrogen and oxygen atoms in total. The largest absolute Gasteiger partial charge is 0.445 e. The number of likely N-dealkylation sites (tertiary alicyclic amines) is 1. The highest BCUT2D eigenvalue weighted by Gasteiger charge is 2.25. The molecule has 0 saturated carbocycles. The average molecular weight is 508 g/mol. The predicted molar refractivity (Wildman–Crippen MR) is 139 cm³/mol. The summed E-state index contributed by atoms with van der Waals surface area (Å²) in [6, 6.07) is 8.25. The van der Waals surface area contributed by atoms with Gasteiger partial charge >= 0.3 is 6.09 Å². The maximum absolute atomic E-state index is 11.7. The number of aromatic amines is 1. The molecule has 2 aliphatic rings. The molecule has 2 fully saturated rings. The molecule has 1 aromatic carbocycles. The number of ether oxygens (including phenoxy) is 2. The van der Waals surface area contributed by atoms with Crippen LogP contribution in [0.15, 0.2) is 30.5 Å². The lowest BCUT2D eigenvalue weighted by Gasteiger charge is -2.31. The van der Waals surface area contributed by atoms with E-state index in [1.54, 1.807) is 18.4 Å². The second kappa shape index (κ2) is 10.00. The molecular weight excluding hydrogens is 478 g/mol. The molecule has 3 aromatic heterocycles. The first kappa shape index (κ1) is 23.1. The van der Waals surface area contributed by atoms with E-state index >= 15 is 0 Å². The molecular formula is C25H29N7O3S. The van der Waals surface area contributed by atoms with Crippen LogP contribution in [0.25, 0.3) is 32.5 Å². The van der Waals surface area contributed by atoms with Crippen molar-refractivity contribution in [2.45, 2.75) is 25.5 Å². The van der Waals surface area contributed by atoms with Crippen LogP contribution in [0.3, 0.4) is 0 Å². The number of morpholine rings is 1. The zero-order valence-electron chi connectivity index (χ0n) is 20.2. The number of carbonyl (C=O) groups excluding carboxylic acids is 1. The van der Waals surface area contributed by atoms with Crippen molar-refractivity contribution in [1.82, 2.24) is 30.4 Å². The number of rotatable bonds is 5. The van der Waals surface area contributed by atoms with Gasteiger partial charge in [0.15, 0.2) is 11.6 Å². The zero-order valence-corrected chi connectivity index (χ0v) is 21.0. The highest BCUT2D eigenvalue weighted by atomic mass is 32.1. The number of nitrogens with zero attached hydrogens (tertiary/aromatic N) is 5. The molecule has 0 spiro atoms. The van der Waals surface area contributed by atoms with Crippen LogP contribution in [0.5, 0.6) is 0 Å². The van der Waals surface area contributed by atoms with Gasteiger partial charge in [0.05, 0.1) is 35.1 Å². The number of thiophene rings is 1. The van der Waals surface area contributed by atoms with E-state index in [1.165, 1.54) is 4.88 Å². The van der Waals surface area contributed by atoms with Crippen LogP contribution in [-0.4, -0.2) is 83.7 Å². The number of alkyl carbamates (subject to hydrolysis) is 1. The first-order chi connectivity index (χ1) is 17.7. The van der Waals surface area contributed by atoms with Crippen LogP contribution in [0.4, 0.5) is 10.6 Å². The minimum atomic E-state index is -0.366.